The van der Waals surface area contributed by atoms with Gasteiger partial charge < -0.3 is 0 Å². The summed E-state index contributed by atoms with van der Waals surface area (Å²) < 4.78 is 13.4. The molecule has 1 heterocycles. The highest BCUT2D eigenvalue weighted by atomic mass is 19.1. The zero-order valence-electron chi connectivity index (χ0n) is 6.34. The van der Waals surface area contributed by atoms with Crippen molar-refractivity contribution in [3.05, 3.63) is 36.3 Å². The van der Waals surface area contributed by atoms with Gasteiger partial charge in [-0.1, -0.05) is 12.7 Å². The number of H-pyrrole nitrogens is 1. The number of benzene rings is 1. The Hall–Kier alpha value is -1.64. The second-order valence-corrected chi connectivity index (χ2v) is 2.50. The highest BCUT2D eigenvalue weighted by Crippen LogP contribution is 2.19. The molecule has 2 nitrogen and oxygen atoms in total. The van der Waals surface area contributed by atoms with Gasteiger partial charge in [-0.3, -0.25) is 5.10 Å². The first-order chi connectivity index (χ1) is 5.83. The fourth-order valence-corrected chi connectivity index (χ4v) is 1.16. The third kappa shape index (κ3) is 0.830. The van der Waals surface area contributed by atoms with Crippen molar-refractivity contribution in [1.82, 2.24) is 10.2 Å². The molecule has 0 saturated carbocycles. The zero-order chi connectivity index (χ0) is 8.55. The topological polar surface area (TPSA) is 28.7 Å². The van der Waals surface area contributed by atoms with E-state index in [4.69, 9.17) is 0 Å². The number of aromatic nitrogens is 2. The van der Waals surface area contributed by atoms with Gasteiger partial charge in [-0.05, 0) is 12.1 Å². The quantitative estimate of drug-likeness (QED) is 0.685. The molecule has 2 aromatic rings. The van der Waals surface area contributed by atoms with Gasteiger partial charge >= 0.3 is 0 Å². The Bertz CT molecular complexity index is 431. The van der Waals surface area contributed by atoms with Crippen LogP contribution in [0.4, 0.5) is 4.39 Å². The van der Waals surface area contributed by atoms with Gasteiger partial charge in [0, 0.05) is 5.56 Å². The normalized spacial score (nSPS) is 10.4. The van der Waals surface area contributed by atoms with Crippen LogP contribution in [0.3, 0.4) is 0 Å². The second kappa shape index (κ2) is 2.44. The smallest absolute Gasteiger partial charge is 0.141 e. The number of halogens is 1. The van der Waals surface area contributed by atoms with E-state index in [9.17, 15) is 4.39 Å². The van der Waals surface area contributed by atoms with Crippen LogP contribution in [0.5, 0.6) is 0 Å². The van der Waals surface area contributed by atoms with Crippen molar-refractivity contribution in [2.24, 2.45) is 0 Å². The van der Waals surface area contributed by atoms with Gasteiger partial charge in [-0.15, -0.1) is 0 Å². The minimum absolute atomic E-state index is 0.267. The summed E-state index contributed by atoms with van der Waals surface area (Å²) in [6.07, 6.45) is 2.96. The van der Waals surface area contributed by atoms with Crippen LogP contribution >= 0.6 is 0 Å². The van der Waals surface area contributed by atoms with E-state index in [1.54, 1.807) is 12.1 Å². The lowest BCUT2D eigenvalue weighted by molar-refractivity contribution is 0.637. The van der Waals surface area contributed by atoms with E-state index < -0.39 is 0 Å². The maximum Gasteiger partial charge on any atom is 0.141 e. The Morgan fingerprint density at radius 3 is 3.08 bits per heavy atom. The van der Waals surface area contributed by atoms with E-state index in [1.807, 2.05) is 0 Å². The van der Waals surface area contributed by atoms with E-state index >= 15 is 0 Å². The van der Waals surface area contributed by atoms with Crippen molar-refractivity contribution in [2.45, 2.75) is 0 Å². The predicted octanol–water partition coefficient (Wildman–Crippen LogP) is 2.34. The lowest BCUT2D eigenvalue weighted by Crippen LogP contribution is -1.81. The molecule has 0 aliphatic carbocycles. The molecule has 2 rings (SSSR count). The molecule has 3 heteroatoms. The van der Waals surface area contributed by atoms with Crippen LogP contribution in [0.2, 0.25) is 0 Å². The van der Waals surface area contributed by atoms with Gasteiger partial charge in [-0.25, -0.2) is 4.39 Å². The number of hydrogen-bond donors (Lipinski definition) is 1. The number of hydrogen-bond acceptors (Lipinski definition) is 1. The Balaban J connectivity index is 2.86. The third-order valence-electron chi connectivity index (χ3n) is 1.81. The summed E-state index contributed by atoms with van der Waals surface area (Å²) in [5, 5.41) is 6.93. The first kappa shape index (κ1) is 7.03. The van der Waals surface area contributed by atoms with Crippen LogP contribution in [0.1, 0.15) is 5.56 Å². The molecule has 1 N–H and O–H groups in total. The van der Waals surface area contributed by atoms with Crippen molar-refractivity contribution in [2.75, 3.05) is 0 Å². The van der Waals surface area contributed by atoms with Crippen molar-refractivity contribution >= 4 is 17.0 Å². The first-order valence-electron chi connectivity index (χ1n) is 3.57. The van der Waals surface area contributed by atoms with Crippen LogP contribution in [-0.4, -0.2) is 10.2 Å². The molecule has 0 bridgehead atoms. The van der Waals surface area contributed by atoms with Crippen LogP contribution in [0, 0.1) is 5.82 Å². The zero-order valence-corrected chi connectivity index (χ0v) is 6.34. The van der Waals surface area contributed by atoms with Crippen molar-refractivity contribution in [3.63, 3.8) is 0 Å². The molecule has 0 fully saturated rings. The van der Waals surface area contributed by atoms with Gasteiger partial charge in [0.2, 0.25) is 0 Å². The van der Waals surface area contributed by atoms with Crippen molar-refractivity contribution < 1.29 is 4.39 Å². The molecule has 0 saturated heterocycles. The summed E-state index contributed by atoms with van der Waals surface area (Å²) in [4.78, 5) is 0. The van der Waals surface area contributed by atoms with E-state index in [0.717, 1.165) is 0 Å². The molecule has 0 spiro atoms. The van der Waals surface area contributed by atoms with Gasteiger partial charge in [-0.2, -0.15) is 5.10 Å². The second-order valence-electron chi connectivity index (χ2n) is 2.50. The van der Waals surface area contributed by atoms with E-state index in [2.05, 4.69) is 16.8 Å². The minimum atomic E-state index is -0.267. The molecule has 0 unspecified atom stereocenters. The van der Waals surface area contributed by atoms with Crippen LogP contribution < -0.4 is 0 Å². The van der Waals surface area contributed by atoms with Gasteiger partial charge in [0.05, 0.1) is 17.1 Å². The number of fused-ring (bicyclic) bond motifs is 1. The molecule has 0 aliphatic heterocycles. The largest absolute Gasteiger partial charge is 0.278 e. The van der Waals surface area contributed by atoms with Gasteiger partial charge in [0.25, 0.3) is 0 Å². The maximum absolute atomic E-state index is 13.4. The lowest BCUT2D eigenvalue weighted by Gasteiger charge is -1.95. The minimum Gasteiger partial charge on any atom is -0.278 e. The molecule has 0 atom stereocenters. The number of aromatic amines is 1. The van der Waals surface area contributed by atoms with E-state index in [-0.39, 0.29) is 5.82 Å². The van der Waals surface area contributed by atoms with E-state index in [1.165, 1.54) is 12.3 Å². The van der Waals surface area contributed by atoms with Crippen molar-refractivity contribution in [1.29, 1.82) is 0 Å². The summed E-state index contributed by atoms with van der Waals surface area (Å²) in [7, 11) is 0. The predicted molar refractivity (Wildman–Crippen MR) is 46.1 cm³/mol. The summed E-state index contributed by atoms with van der Waals surface area (Å²) in [6, 6.07) is 3.45. The van der Waals surface area contributed by atoms with Crippen LogP contribution in [-0.2, 0) is 0 Å². The standard InChI is InChI=1S/C9H7FN2/c1-2-6-3-4-8-7(9(6)10)5-11-12-8/h2-5H,1H2,(H,11,12). The monoisotopic (exact) mass is 162 g/mol. The molecule has 12 heavy (non-hydrogen) atoms. The van der Waals surface area contributed by atoms with E-state index in [0.29, 0.717) is 16.5 Å². The number of nitrogens with one attached hydrogen (secondary N) is 1. The molecule has 0 aliphatic rings. The fourth-order valence-electron chi connectivity index (χ4n) is 1.16. The van der Waals surface area contributed by atoms with Crippen molar-refractivity contribution in [3.8, 4) is 0 Å². The average Bonchev–Trinajstić information content (AvgIpc) is 2.53. The third-order valence-corrected chi connectivity index (χ3v) is 1.81. The average molecular weight is 162 g/mol. The molecular weight excluding hydrogens is 155 g/mol. The van der Waals surface area contributed by atoms with Gasteiger partial charge in [0.1, 0.15) is 5.82 Å². The number of nitrogens with zero attached hydrogens (tertiary/aromatic N) is 1. The molecular formula is C9H7FN2. The first-order valence-corrected chi connectivity index (χ1v) is 3.57. The highest BCUT2D eigenvalue weighted by Gasteiger charge is 2.04. The Morgan fingerprint density at radius 1 is 1.50 bits per heavy atom. The number of rotatable bonds is 1. The lowest BCUT2D eigenvalue weighted by atomic mass is 10.1. The summed E-state index contributed by atoms with van der Waals surface area (Å²) in [5.41, 5.74) is 1.21. The fraction of sp³-hybridized carbons (Fsp3) is 0. The Morgan fingerprint density at radius 2 is 2.33 bits per heavy atom. The molecule has 60 valence electrons. The summed E-state index contributed by atoms with van der Waals surface area (Å²) in [5.74, 6) is -0.267. The molecule has 1 aromatic carbocycles. The molecule has 0 radical (unpaired) electrons. The Kier molecular flexibility index (Phi) is 1.43. The van der Waals surface area contributed by atoms with Crippen LogP contribution in [0.15, 0.2) is 24.9 Å². The highest BCUT2D eigenvalue weighted by molar-refractivity contribution is 5.81. The summed E-state index contributed by atoms with van der Waals surface area (Å²) >= 11 is 0. The molecule has 0 amide bonds. The van der Waals surface area contributed by atoms with Crippen LogP contribution in [0.25, 0.3) is 17.0 Å². The molecule has 1 aromatic heterocycles. The SMILES string of the molecule is C=Cc1ccc2[nH]ncc2c1F. The van der Waals surface area contributed by atoms with Gasteiger partial charge in [0.15, 0.2) is 0 Å². The summed E-state index contributed by atoms with van der Waals surface area (Å²) in [6.45, 7) is 3.51. The maximum atomic E-state index is 13.4. The Labute approximate surface area is 68.7 Å².